The zero-order valence-electron chi connectivity index (χ0n) is 15.5. The lowest BCUT2D eigenvalue weighted by molar-refractivity contribution is 0.0955. The van der Waals surface area contributed by atoms with Gasteiger partial charge in [-0.1, -0.05) is 12.1 Å². The van der Waals surface area contributed by atoms with Crippen molar-refractivity contribution in [1.29, 1.82) is 0 Å². The van der Waals surface area contributed by atoms with E-state index in [2.05, 4.69) is 30.6 Å². The zero-order chi connectivity index (χ0) is 19.5. The average Bonchev–Trinajstić information content (AvgIpc) is 3.29. The van der Waals surface area contributed by atoms with Crippen molar-refractivity contribution in [1.82, 2.24) is 29.8 Å². The van der Waals surface area contributed by atoms with E-state index in [-0.39, 0.29) is 5.91 Å². The van der Waals surface area contributed by atoms with Crippen LogP contribution in [0.3, 0.4) is 0 Å². The lowest BCUT2D eigenvalue weighted by Gasteiger charge is -2.09. The number of anilines is 1. The summed E-state index contributed by atoms with van der Waals surface area (Å²) in [5.74, 6) is 1.26. The maximum absolute atomic E-state index is 12.3. The van der Waals surface area contributed by atoms with Crippen LogP contribution < -0.4 is 10.6 Å². The maximum atomic E-state index is 12.3. The molecular weight excluding hydrogens is 374 g/mol. The number of imidazole rings is 1. The van der Waals surface area contributed by atoms with Crippen molar-refractivity contribution in [2.45, 2.75) is 13.8 Å². The minimum atomic E-state index is -0.170. The predicted molar refractivity (Wildman–Crippen MR) is 109 cm³/mol. The number of rotatable bonds is 6. The van der Waals surface area contributed by atoms with Gasteiger partial charge in [-0.05, 0) is 26.0 Å². The summed E-state index contributed by atoms with van der Waals surface area (Å²) in [5.41, 5.74) is 2.84. The van der Waals surface area contributed by atoms with Gasteiger partial charge >= 0.3 is 0 Å². The van der Waals surface area contributed by atoms with Crippen LogP contribution in [0.4, 0.5) is 5.82 Å². The molecule has 3 heterocycles. The second-order valence-corrected chi connectivity index (χ2v) is 7.25. The second-order valence-electron chi connectivity index (χ2n) is 6.22. The molecule has 0 atom stereocenters. The number of aromatic nitrogens is 5. The van der Waals surface area contributed by atoms with Crippen molar-refractivity contribution in [3.63, 3.8) is 0 Å². The highest BCUT2D eigenvalue weighted by Crippen LogP contribution is 2.21. The van der Waals surface area contributed by atoms with Gasteiger partial charge in [0.25, 0.3) is 5.91 Å². The monoisotopic (exact) mass is 393 g/mol. The standard InChI is InChI=1S/C19H19N7OS/c1-12-13(2)26(11-24-12)17-9-16(22-10-23-17)20-7-8-21-18(27)19-25-14-5-3-4-6-15(14)28-19/h3-6,9-11H,7-8H2,1-2H3,(H,21,27)(H,20,22,23). The molecule has 0 saturated heterocycles. The van der Waals surface area contributed by atoms with Gasteiger partial charge in [-0.25, -0.2) is 19.9 Å². The van der Waals surface area contributed by atoms with Gasteiger partial charge in [0.2, 0.25) is 0 Å². The molecule has 0 spiro atoms. The Morgan fingerprint density at radius 3 is 2.79 bits per heavy atom. The molecule has 142 valence electrons. The van der Waals surface area contributed by atoms with Crippen molar-refractivity contribution < 1.29 is 4.79 Å². The number of carbonyl (C=O) groups is 1. The van der Waals surface area contributed by atoms with Crippen molar-refractivity contribution >= 4 is 33.3 Å². The number of hydrogen-bond donors (Lipinski definition) is 2. The molecule has 0 fully saturated rings. The number of hydrogen-bond acceptors (Lipinski definition) is 7. The number of amides is 1. The van der Waals surface area contributed by atoms with Crippen LogP contribution in [-0.2, 0) is 0 Å². The van der Waals surface area contributed by atoms with E-state index < -0.39 is 0 Å². The lowest BCUT2D eigenvalue weighted by Crippen LogP contribution is -2.28. The van der Waals surface area contributed by atoms with E-state index in [1.807, 2.05) is 48.7 Å². The third-order valence-corrected chi connectivity index (χ3v) is 5.39. The Labute approximate surface area is 165 Å². The topological polar surface area (TPSA) is 97.6 Å². The Bertz CT molecular complexity index is 1100. The zero-order valence-corrected chi connectivity index (χ0v) is 16.3. The Morgan fingerprint density at radius 2 is 2.00 bits per heavy atom. The van der Waals surface area contributed by atoms with Crippen LogP contribution in [-0.4, -0.2) is 43.5 Å². The fraction of sp³-hybridized carbons (Fsp3) is 0.211. The van der Waals surface area contributed by atoms with Gasteiger partial charge in [0.15, 0.2) is 5.01 Å². The largest absolute Gasteiger partial charge is 0.368 e. The average molecular weight is 393 g/mol. The molecule has 4 rings (SSSR count). The molecule has 0 unspecified atom stereocenters. The number of thiazole rings is 1. The van der Waals surface area contributed by atoms with E-state index in [0.717, 1.165) is 27.4 Å². The minimum Gasteiger partial charge on any atom is -0.368 e. The van der Waals surface area contributed by atoms with Gasteiger partial charge < -0.3 is 10.6 Å². The van der Waals surface area contributed by atoms with Crippen molar-refractivity contribution in [3.05, 3.63) is 59.4 Å². The fourth-order valence-corrected chi connectivity index (χ4v) is 3.60. The summed E-state index contributed by atoms with van der Waals surface area (Å²) in [7, 11) is 0. The first-order valence-electron chi connectivity index (χ1n) is 8.82. The fourth-order valence-electron chi connectivity index (χ4n) is 2.72. The first-order chi connectivity index (χ1) is 13.6. The molecule has 9 heteroatoms. The third kappa shape index (κ3) is 3.70. The van der Waals surface area contributed by atoms with Crippen LogP contribution in [0.2, 0.25) is 0 Å². The SMILES string of the molecule is Cc1ncn(-c2cc(NCCNC(=O)c3nc4ccccc4s3)ncn2)c1C. The molecule has 1 amide bonds. The summed E-state index contributed by atoms with van der Waals surface area (Å²) in [6.45, 7) is 4.95. The molecule has 3 aromatic heterocycles. The van der Waals surface area contributed by atoms with Crippen molar-refractivity contribution in [2.24, 2.45) is 0 Å². The highest BCUT2D eigenvalue weighted by atomic mass is 32.1. The Balaban J connectivity index is 1.33. The number of nitrogens with one attached hydrogen (secondary N) is 2. The summed E-state index contributed by atoms with van der Waals surface area (Å²) in [5, 5.41) is 6.54. The van der Waals surface area contributed by atoms with Crippen LogP contribution >= 0.6 is 11.3 Å². The second kappa shape index (κ2) is 7.73. The highest BCUT2D eigenvalue weighted by molar-refractivity contribution is 7.20. The number of benzene rings is 1. The summed E-state index contributed by atoms with van der Waals surface area (Å²) in [4.78, 5) is 29.5. The Hall–Kier alpha value is -3.33. The molecule has 0 aliphatic rings. The molecule has 4 aromatic rings. The van der Waals surface area contributed by atoms with Crippen LogP contribution in [0.25, 0.3) is 16.0 Å². The van der Waals surface area contributed by atoms with Gasteiger partial charge in [0.1, 0.15) is 24.3 Å². The molecule has 1 aromatic carbocycles. The lowest BCUT2D eigenvalue weighted by atomic mass is 10.3. The van der Waals surface area contributed by atoms with Gasteiger partial charge in [-0.3, -0.25) is 9.36 Å². The van der Waals surface area contributed by atoms with Crippen LogP contribution in [0.5, 0.6) is 0 Å². The van der Waals surface area contributed by atoms with E-state index in [4.69, 9.17) is 0 Å². The van der Waals surface area contributed by atoms with E-state index >= 15 is 0 Å². The van der Waals surface area contributed by atoms with Crippen molar-refractivity contribution in [2.75, 3.05) is 18.4 Å². The highest BCUT2D eigenvalue weighted by Gasteiger charge is 2.11. The molecule has 2 N–H and O–H groups in total. The first kappa shape index (κ1) is 18.1. The number of fused-ring (bicyclic) bond motifs is 1. The van der Waals surface area contributed by atoms with Crippen LogP contribution in [0, 0.1) is 13.8 Å². The molecular formula is C19H19N7OS. The molecule has 0 bridgehead atoms. The number of para-hydroxylation sites is 1. The van der Waals surface area contributed by atoms with Gasteiger partial charge in [0.05, 0.1) is 15.9 Å². The summed E-state index contributed by atoms with van der Waals surface area (Å²) in [6.07, 6.45) is 3.25. The van der Waals surface area contributed by atoms with Crippen molar-refractivity contribution in [3.8, 4) is 5.82 Å². The van der Waals surface area contributed by atoms with Crippen LogP contribution in [0.15, 0.2) is 43.0 Å². The Kier molecular flexibility index (Phi) is 4.98. The minimum absolute atomic E-state index is 0.170. The normalized spacial score (nSPS) is 10.9. The summed E-state index contributed by atoms with van der Waals surface area (Å²) < 4.78 is 2.92. The Morgan fingerprint density at radius 1 is 1.14 bits per heavy atom. The predicted octanol–water partition coefficient (Wildman–Crippen LogP) is 2.73. The molecule has 8 nitrogen and oxygen atoms in total. The molecule has 0 radical (unpaired) electrons. The summed E-state index contributed by atoms with van der Waals surface area (Å²) in [6, 6.07) is 9.57. The van der Waals surface area contributed by atoms with Gasteiger partial charge in [-0.15, -0.1) is 11.3 Å². The van der Waals surface area contributed by atoms with E-state index in [1.54, 1.807) is 6.33 Å². The van der Waals surface area contributed by atoms with E-state index in [9.17, 15) is 4.79 Å². The number of carbonyl (C=O) groups excluding carboxylic acids is 1. The summed E-state index contributed by atoms with van der Waals surface area (Å²) >= 11 is 1.39. The maximum Gasteiger partial charge on any atom is 0.280 e. The van der Waals surface area contributed by atoms with Crippen LogP contribution in [0.1, 0.15) is 21.2 Å². The molecule has 0 aliphatic carbocycles. The molecule has 0 aliphatic heterocycles. The van der Waals surface area contributed by atoms with E-state index in [1.165, 1.54) is 17.7 Å². The van der Waals surface area contributed by atoms with Gasteiger partial charge in [0, 0.05) is 24.8 Å². The molecule has 0 saturated carbocycles. The number of nitrogens with zero attached hydrogens (tertiary/aromatic N) is 5. The first-order valence-corrected chi connectivity index (χ1v) is 9.64. The van der Waals surface area contributed by atoms with E-state index in [0.29, 0.717) is 23.9 Å². The van der Waals surface area contributed by atoms with Gasteiger partial charge in [-0.2, -0.15) is 0 Å². The quantitative estimate of drug-likeness (QED) is 0.489. The smallest absolute Gasteiger partial charge is 0.280 e. The third-order valence-electron chi connectivity index (χ3n) is 4.36. The number of aryl methyl sites for hydroxylation is 1. The molecule has 28 heavy (non-hydrogen) atoms.